The maximum absolute atomic E-state index is 12.2. The molecule has 27 heavy (non-hydrogen) atoms. The van der Waals surface area contributed by atoms with Crippen molar-refractivity contribution in [2.24, 2.45) is 0 Å². The molecule has 0 fully saturated rings. The monoisotopic (exact) mass is 384 g/mol. The first-order valence-electron chi connectivity index (χ1n) is 8.53. The minimum atomic E-state index is -3.28. The van der Waals surface area contributed by atoms with Crippen LogP contribution < -0.4 is 0 Å². The zero-order chi connectivity index (χ0) is 19.4. The number of aromatic nitrogens is 2. The molecule has 140 valence electrons. The van der Waals surface area contributed by atoms with Crippen LogP contribution in [-0.2, 0) is 14.6 Å². The molecule has 0 bridgehead atoms. The van der Waals surface area contributed by atoms with Gasteiger partial charge in [0.2, 0.25) is 0 Å². The third-order valence-corrected chi connectivity index (χ3v) is 5.06. The molecule has 0 saturated heterocycles. The number of hydrogen-bond acceptors (Lipinski definition) is 5. The van der Waals surface area contributed by atoms with Crippen molar-refractivity contribution in [3.8, 4) is 16.9 Å². The van der Waals surface area contributed by atoms with Gasteiger partial charge in [-0.15, -0.1) is 0 Å². The first-order chi connectivity index (χ1) is 12.9. The van der Waals surface area contributed by atoms with Gasteiger partial charge in [-0.3, -0.25) is 0 Å². The fourth-order valence-corrected chi connectivity index (χ4v) is 3.22. The van der Waals surface area contributed by atoms with E-state index in [4.69, 9.17) is 4.74 Å². The summed E-state index contributed by atoms with van der Waals surface area (Å²) in [4.78, 5) is 12.5. The summed E-state index contributed by atoms with van der Waals surface area (Å²) in [5.74, 6) is -0.486. The quantitative estimate of drug-likeness (QED) is 0.608. The molecule has 0 spiro atoms. The average molecular weight is 384 g/mol. The molecule has 3 rings (SSSR count). The molecule has 0 atom stereocenters. The Morgan fingerprint density at radius 1 is 1.07 bits per heavy atom. The lowest BCUT2D eigenvalue weighted by molar-refractivity contribution is 0.0497. The molecule has 0 aliphatic heterocycles. The molecule has 6 nitrogen and oxygen atoms in total. The summed E-state index contributed by atoms with van der Waals surface area (Å²) in [6.45, 7) is 2.25. The van der Waals surface area contributed by atoms with E-state index >= 15 is 0 Å². The van der Waals surface area contributed by atoms with Crippen LogP contribution in [0.25, 0.3) is 16.9 Å². The van der Waals surface area contributed by atoms with E-state index in [2.05, 4.69) is 5.10 Å². The van der Waals surface area contributed by atoms with Gasteiger partial charge in [0.25, 0.3) is 0 Å². The lowest BCUT2D eigenvalue weighted by Gasteiger charge is -2.08. The highest BCUT2D eigenvalue weighted by Gasteiger charge is 2.18. The van der Waals surface area contributed by atoms with Gasteiger partial charge < -0.3 is 4.74 Å². The molecule has 0 amide bonds. The van der Waals surface area contributed by atoms with Crippen molar-refractivity contribution in [1.82, 2.24) is 9.78 Å². The van der Waals surface area contributed by atoms with Gasteiger partial charge in [-0.05, 0) is 36.8 Å². The number of benzene rings is 2. The number of para-hydroxylation sites is 1. The predicted molar refractivity (Wildman–Crippen MR) is 103 cm³/mol. The second-order valence-corrected chi connectivity index (χ2v) is 8.11. The molecule has 0 aliphatic rings. The maximum Gasteiger partial charge on any atom is 0.358 e. The van der Waals surface area contributed by atoms with Crippen LogP contribution in [0.15, 0.2) is 65.6 Å². The Balaban J connectivity index is 2.07. The smallest absolute Gasteiger partial charge is 0.358 e. The number of carbonyl (C=O) groups is 1. The summed E-state index contributed by atoms with van der Waals surface area (Å²) in [5, 5.41) is 4.40. The van der Waals surface area contributed by atoms with Crippen LogP contribution in [0.2, 0.25) is 0 Å². The summed E-state index contributed by atoms with van der Waals surface area (Å²) in [6.07, 6.45) is 1.89. The van der Waals surface area contributed by atoms with Crippen LogP contribution in [0.4, 0.5) is 0 Å². The number of ether oxygens (including phenoxy) is 1. The molecule has 0 unspecified atom stereocenters. The van der Waals surface area contributed by atoms with E-state index in [1.165, 1.54) is 0 Å². The van der Waals surface area contributed by atoms with Gasteiger partial charge in [-0.25, -0.2) is 17.9 Å². The molecular weight excluding hydrogens is 364 g/mol. The first kappa shape index (κ1) is 18.8. The van der Waals surface area contributed by atoms with Crippen LogP contribution in [-0.4, -0.2) is 37.0 Å². The van der Waals surface area contributed by atoms with Crippen LogP contribution in [0.5, 0.6) is 0 Å². The molecular formula is C20H20N2O4S. The number of hydrogen-bond donors (Lipinski definition) is 0. The van der Waals surface area contributed by atoms with Crippen molar-refractivity contribution in [3.63, 3.8) is 0 Å². The van der Waals surface area contributed by atoms with E-state index in [-0.39, 0.29) is 10.6 Å². The standard InChI is InChI=1S/C20H20N2O4S/c1-3-13-26-20(23)18-14-19(22(21-18)16-7-5-4-6-8-16)15-9-11-17(12-10-15)27(2,24)25/h4-12,14H,3,13H2,1-2H3. The second-order valence-electron chi connectivity index (χ2n) is 6.09. The van der Waals surface area contributed by atoms with Crippen LogP contribution >= 0.6 is 0 Å². The molecule has 0 radical (unpaired) electrons. The van der Waals surface area contributed by atoms with Gasteiger partial charge in [0.1, 0.15) is 0 Å². The first-order valence-corrected chi connectivity index (χ1v) is 10.4. The number of carbonyl (C=O) groups excluding carboxylic acids is 1. The molecule has 0 aliphatic carbocycles. The van der Waals surface area contributed by atoms with Crippen LogP contribution in [0.3, 0.4) is 0 Å². The van der Waals surface area contributed by atoms with Gasteiger partial charge in [0.15, 0.2) is 15.5 Å². The number of nitrogens with zero attached hydrogens (tertiary/aromatic N) is 2. The normalized spacial score (nSPS) is 11.3. The third kappa shape index (κ3) is 4.25. The van der Waals surface area contributed by atoms with E-state index in [0.717, 1.165) is 23.9 Å². The van der Waals surface area contributed by atoms with Crippen molar-refractivity contribution < 1.29 is 17.9 Å². The van der Waals surface area contributed by atoms with Gasteiger partial charge >= 0.3 is 5.97 Å². The largest absolute Gasteiger partial charge is 0.461 e. The fourth-order valence-electron chi connectivity index (χ4n) is 2.59. The lowest BCUT2D eigenvalue weighted by Crippen LogP contribution is -2.07. The van der Waals surface area contributed by atoms with E-state index in [9.17, 15) is 13.2 Å². The third-order valence-electron chi connectivity index (χ3n) is 3.93. The maximum atomic E-state index is 12.2. The molecule has 0 saturated carbocycles. The highest BCUT2D eigenvalue weighted by Crippen LogP contribution is 2.25. The Labute approximate surface area is 158 Å². The minimum Gasteiger partial charge on any atom is -0.461 e. The molecule has 1 aromatic heterocycles. The number of rotatable bonds is 6. The molecule has 0 N–H and O–H groups in total. The van der Waals surface area contributed by atoms with Crippen molar-refractivity contribution in [2.75, 3.05) is 12.9 Å². The predicted octanol–water partition coefficient (Wildman–Crippen LogP) is 3.51. The van der Waals surface area contributed by atoms with E-state index in [0.29, 0.717) is 12.3 Å². The van der Waals surface area contributed by atoms with E-state index < -0.39 is 15.8 Å². The molecule has 3 aromatic rings. The van der Waals surface area contributed by atoms with Gasteiger partial charge in [-0.2, -0.15) is 5.10 Å². The summed E-state index contributed by atoms with van der Waals surface area (Å²) in [7, 11) is -3.28. The summed E-state index contributed by atoms with van der Waals surface area (Å²) in [5.41, 5.74) is 2.40. The second kappa shape index (κ2) is 7.75. The minimum absolute atomic E-state index is 0.203. The Morgan fingerprint density at radius 3 is 2.33 bits per heavy atom. The SMILES string of the molecule is CCCOC(=O)c1cc(-c2ccc(S(C)(=O)=O)cc2)n(-c2ccccc2)n1. The summed E-state index contributed by atoms with van der Waals surface area (Å²) in [6, 6.07) is 17.5. The highest BCUT2D eigenvalue weighted by molar-refractivity contribution is 7.90. The Hall–Kier alpha value is -2.93. The highest BCUT2D eigenvalue weighted by atomic mass is 32.2. The molecule has 1 heterocycles. The van der Waals surface area contributed by atoms with Gasteiger partial charge in [0.05, 0.1) is 22.9 Å². The van der Waals surface area contributed by atoms with Crippen LogP contribution in [0.1, 0.15) is 23.8 Å². The average Bonchev–Trinajstić information content (AvgIpc) is 3.12. The van der Waals surface area contributed by atoms with Gasteiger partial charge in [0, 0.05) is 11.8 Å². The van der Waals surface area contributed by atoms with Crippen molar-refractivity contribution in [3.05, 3.63) is 66.4 Å². The Kier molecular flexibility index (Phi) is 5.41. The summed E-state index contributed by atoms with van der Waals surface area (Å²) >= 11 is 0. The van der Waals surface area contributed by atoms with Crippen molar-refractivity contribution >= 4 is 15.8 Å². The zero-order valence-corrected chi connectivity index (χ0v) is 15.9. The fraction of sp³-hybridized carbons (Fsp3) is 0.200. The summed E-state index contributed by atoms with van der Waals surface area (Å²) < 4.78 is 30.2. The van der Waals surface area contributed by atoms with Crippen LogP contribution in [0, 0.1) is 0 Å². The lowest BCUT2D eigenvalue weighted by atomic mass is 10.1. The topological polar surface area (TPSA) is 78.3 Å². The zero-order valence-electron chi connectivity index (χ0n) is 15.1. The Morgan fingerprint density at radius 2 is 1.74 bits per heavy atom. The van der Waals surface area contributed by atoms with Gasteiger partial charge in [-0.1, -0.05) is 37.3 Å². The van der Waals surface area contributed by atoms with Crippen molar-refractivity contribution in [2.45, 2.75) is 18.2 Å². The molecule has 7 heteroatoms. The Bertz CT molecular complexity index is 1040. The van der Waals surface area contributed by atoms with E-state index in [1.807, 2.05) is 37.3 Å². The molecule has 2 aromatic carbocycles. The van der Waals surface area contributed by atoms with E-state index in [1.54, 1.807) is 35.0 Å². The number of sulfone groups is 1. The van der Waals surface area contributed by atoms with Crippen molar-refractivity contribution in [1.29, 1.82) is 0 Å². The number of esters is 1.